The van der Waals surface area contributed by atoms with E-state index in [2.05, 4.69) is 45.2 Å². The third kappa shape index (κ3) is 4.29. The van der Waals surface area contributed by atoms with Crippen LogP contribution in [0.15, 0.2) is 0 Å². The summed E-state index contributed by atoms with van der Waals surface area (Å²) in [6.45, 7) is 0. The lowest BCUT2D eigenvalue weighted by molar-refractivity contribution is 0.626. The van der Waals surface area contributed by atoms with Gasteiger partial charge in [0.25, 0.3) is 0 Å². The van der Waals surface area contributed by atoms with Crippen molar-refractivity contribution in [1.29, 1.82) is 0 Å². The fourth-order valence-corrected chi connectivity index (χ4v) is 3.17. The van der Waals surface area contributed by atoms with Gasteiger partial charge in [-0.3, -0.25) is 0 Å². The van der Waals surface area contributed by atoms with E-state index in [9.17, 15) is 0 Å². The van der Waals surface area contributed by atoms with Gasteiger partial charge in [-0.05, 0) is 12.8 Å². The standard InChI is InChI=1S/C9H16I2/c10-8-6-4-2-1-3-5-7-9(8)11/h8-9H,1-7H2. The van der Waals surface area contributed by atoms with Crippen LogP contribution in [-0.4, -0.2) is 7.85 Å². The molecule has 0 aromatic rings. The van der Waals surface area contributed by atoms with Crippen molar-refractivity contribution in [3.63, 3.8) is 0 Å². The van der Waals surface area contributed by atoms with Crippen molar-refractivity contribution in [3.05, 3.63) is 0 Å². The van der Waals surface area contributed by atoms with Crippen LogP contribution in [0.4, 0.5) is 0 Å². The van der Waals surface area contributed by atoms with E-state index in [1.807, 2.05) is 0 Å². The van der Waals surface area contributed by atoms with Crippen molar-refractivity contribution in [2.45, 2.75) is 52.8 Å². The van der Waals surface area contributed by atoms with Gasteiger partial charge in [0.2, 0.25) is 0 Å². The third-order valence-electron chi connectivity index (χ3n) is 2.35. The van der Waals surface area contributed by atoms with Crippen LogP contribution in [0.5, 0.6) is 0 Å². The molecule has 2 unspecified atom stereocenters. The molecule has 0 amide bonds. The van der Waals surface area contributed by atoms with E-state index in [-0.39, 0.29) is 0 Å². The zero-order valence-electron chi connectivity index (χ0n) is 6.86. The Hall–Kier alpha value is 1.46. The van der Waals surface area contributed by atoms with Gasteiger partial charge in [-0.25, -0.2) is 0 Å². The monoisotopic (exact) mass is 378 g/mol. The van der Waals surface area contributed by atoms with Gasteiger partial charge in [0, 0.05) is 7.85 Å². The molecule has 11 heavy (non-hydrogen) atoms. The van der Waals surface area contributed by atoms with Gasteiger partial charge in [0.1, 0.15) is 0 Å². The Kier molecular flexibility index (Phi) is 5.75. The summed E-state index contributed by atoms with van der Waals surface area (Å²) in [7, 11) is 0. The predicted molar refractivity (Wildman–Crippen MR) is 67.9 cm³/mol. The minimum Gasteiger partial charge on any atom is -0.0815 e. The number of rotatable bonds is 0. The first-order valence-corrected chi connectivity index (χ1v) is 7.08. The lowest BCUT2D eigenvalue weighted by atomic mass is 10.1. The van der Waals surface area contributed by atoms with Crippen molar-refractivity contribution in [2.75, 3.05) is 0 Å². The number of hydrogen-bond acceptors (Lipinski definition) is 0. The Bertz CT molecular complexity index is 91.7. The Morgan fingerprint density at radius 2 is 1.00 bits per heavy atom. The molecule has 0 aliphatic heterocycles. The molecule has 2 heteroatoms. The maximum absolute atomic E-state index is 2.63. The van der Waals surface area contributed by atoms with Gasteiger partial charge in [0.15, 0.2) is 0 Å². The smallest absolute Gasteiger partial charge is 0.0227 e. The van der Waals surface area contributed by atoms with E-state index in [4.69, 9.17) is 0 Å². The summed E-state index contributed by atoms with van der Waals surface area (Å²) >= 11 is 5.27. The van der Waals surface area contributed by atoms with Crippen LogP contribution >= 0.6 is 45.2 Å². The van der Waals surface area contributed by atoms with Gasteiger partial charge < -0.3 is 0 Å². The van der Waals surface area contributed by atoms with Gasteiger partial charge in [0.05, 0.1) is 0 Å². The van der Waals surface area contributed by atoms with E-state index in [1.54, 1.807) is 0 Å². The Morgan fingerprint density at radius 1 is 0.636 bits per heavy atom. The quantitative estimate of drug-likeness (QED) is 0.435. The molecule has 0 radical (unpaired) electrons. The Morgan fingerprint density at radius 3 is 1.45 bits per heavy atom. The average molecular weight is 378 g/mol. The van der Waals surface area contributed by atoms with Crippen LogP contribution in [0, 0.1) is 0 Å². The molecule has 1 fully saturated rings. The normalized spacial score (nSPS) is 35.5. The van der Waals surface area contributed by atoms with Crippen LogP contribution in [-0.2, 0) is 0 Å². The second kappa shape index (κ2) is 6.00. The van der Waals surface area contributed by atoms with E-state index in [0.29, 0.717) is 0 Å². The number of hydrogen-bond donors (Lipinski definition) is 0. The second-order valence-electron chi connectivity index (χ2n) is 3.38. The van der Waals surface area contributed by atoms with E-state index in [0.717, 1.165) is 7.85 Å². The van der Waals surface area contributed by atoms with Crippen molar-refractivity contribution in [1.82, 2.24) is 0 Å². The third-order valence-corrected chi connectivity index (χ3v) is 6.71. The summed E-state index contributed by atoms with van der Waals surface area (Å²) in [6, 6.07) is 0. The molecule has 1 rings (SSSR count). The average Bonchev–Trinajstić information content (AvgIpc) is 2.07. The topological polar surface area (TPSA) is 0 Å². The zero-order valence-corrected chi connectivity index (χ0v) is 11.2. The highest BCUT2D eigenvalue weighted by Crippen LogP contribution is 2.27. The van der Waals surface area contributed by atoms with Gasteiger partial charge >= 0.3 is 0 Å². The van der Waals surface area contributed by atoms with Crippen LogP contribution in [0.2, 0.25) is 0 Å². The summed E-state index contributed by atoms with van der Waals surface area (Å²) < 4.78 is 1.87. The molecule has 0 nitrogen and oxygen atoms in total. The van der Waals surface area contributed by atoms with E-state index >= 15 is 0 Å². The molecule has 1 aliphatic carbocycles. The molecule has 0 heterocycles. The first-order valence-electron chi connectivity index (χ1n) is 4.59. The maximum Gasteiger partial charge on any atom is 0.0227 e. The zero-order chi connectivity index (χ0) is 8.10. The molecule has 0 bridgehead atoms. The molecular formula is C9H16I2. The molecule has 0 aromatic carbocycles. The molecule has 66 valence electrons. The van der Waals surface area contributed by atoms with Gasteiger partial charge in [-0.2, -0.15) is 0 Å². The molecule has 2 atom stereocenters. The second-order valence-corrected chi connectivity index (χ2v) is 6.58. The van der Waals surface area contributed by atoms with Crippen LogP contribution < -0.4 is 0 Å². The number of halogens is 2. The van der Waals surface area contributed by atoms with Crippen molar-refractivity contribution in [3.8, 4) is 0 Å². The van der Waals surface area contributed by atoms with Gasteiger partial charge in [-0.15, -0.1) is 0 Å². The fourth-order valence-electron chi connectivity index (χ4n) is 1.57. The van der Waals surface area contributed by atoms with E-state index < -0.39 is 0 Å². The highest BCUT2D eigenvalue weighted by molar-refractivity contribution is 14.1. The molecule has 1 aliphatic rings. The summed E-state index contributed by atoms with van der Waals surface area (Å²) in [6.07, 6.45) is 10.3. The Labute approximate surface area is 97.2 Å². The highest BCUT2D eigenvalue weighted by atomic mass is 127. The largest absolute Gasteiger partial charge is 0.0815 e. The van der Waals surface area contributed by atoms with E-state index in [1.165, 1.54) is 44.9 Å². The molecule has 0 N–H and O–H groups in total. The molecule has 0 aromatic heterocycles. The fraction of sp³-hybridized carbons (Fsp3) is 1.00. The minimum atomic E-state index is 0.936. The summed E-state index contributed by atoms with van der Waals surface area (Å²) in [5.74, 6) is 0. The highest BCUT2D eigenvalue weighted by Gasteiger charge is 2.15. The lowest BCUT2D eigenvalue weighted by Crippen LogP contribution is -2.12. The minimum absolute atomic E-state index is 0.936. The van der Waals surface area contributed by atoms with Gasteiger partial charge in [-0.1, -0.05) is 77.3 Å². The summed E-state index contributed by atoms with van der Waals surface area (Å²) in [5.41, 5.74) is 0. The predicted octanol–water partition coefficient (Wildman–Crippen LogP) is 4.34. The molecule has 1 saturated carbocycles. The first kappa shape index (κ1) is 10.5. The molecule has 0 saturated heterocycles. The molecular weight excluding hydrogens is 362 g/mol. The lowest BCUT2D eigenvalue weighted by Gasteiger charge is -2.14. The first-order chi connectivity index (χ1) is 5.30. The SMILES string of the molecule is IC1CCCCCCCC1I. The van der Waals surface area contributed by atoms with Crippen LogP contribution in [0.25, 0.3) is 0 Å². The summed E-state index contributed by atoms with van der Waals surface area (Å²) in [5, 5.41) is 0. The maximum atomic E-state index is 2.63. The van der Waals surface area contributed by atoms with Crippen LogP contribution in [0.1, 0.15) is 44.9 Å². The number of alkyl halides is 2. The van der Waals surface area contributed by atoms with Crippen LogP contribution in [0.3, 0.4) is 0 Å². The van der Waals surface area contributed by atoms with Crippen molar-refractivity contribution >= 4 is 45.2 Å². The molecule has 0 spiro atoms. The Balaban J connectivity index is 2.29. The summed E-state index contributed by atoms with van der Waals surface area (Å²) in [4.78, 5) is 0. The van der Waals surface area contributed by atoms with Crippen molar-refractivity contribution < 1.29 is 0 Å². The van der Waals surface area contributed by atoms with Crippen molar-refractivity contribution in [2.24, 2.45) is 0 Å².